The molecule has 2 aromatic rings. The monoisotopic (exact) mass is 808 g/mol. The van der Waals surface area contributed by atoms with Crippen molar-refractivity contribution in [3.8, 4) is 0 Å². The Morgan fingerprint density at radius 2 is 0.897 bits per heavy atom. The second kappa shape index (κ2) is 21.7. The van der Waals surface area contributed by atoms with Gasteiger partial charge in [-0.05, 0) is 60.8 Å². The molecule has 2 aliphatic heterocycles. The maximum absolute atomic E-state index is 14.1. The normalized spacial score (nSPS) is 17.3. The lowest BCUT2D eigenvalue weighted by Gasteiger charge is -2.33. The van der Waals surface area contributed by atoms with E-state index in [4.69, 9.17) is 9.47 Å². The highest BCUT2D eigenvalue weighted by molar-refractivity contribution is 5.96. The highest BCUT2D eigenvalue weighted by Crippen LogP contribution is 2.23. The first-order chi connectivity index (χ1) is 27.7. The van der Waals surface area contributed by atoms with Crippen molar-refractivity contribution in [2.24, 2.45) is 11.8 Å². The number of carbonyl (C=O) groups excluding carboxylic acids is 6. The molecule has 0 unspecified atom stereocenters. The van der Waals surface area contributed by atoms with Gasteiger partial charge in [-0.2, -0.15) is 0 Å². The van der Waals surface area contributed by atoms with Crippen molar-refractivity contribution in [2.45, 2.75) is 103 Å². The zero-order valence-corrected chi connectivity index (χ0v) is 34.4. The van der Waals surface area contributed by atoms with Gasteiger partial charge < -0.3 is 50.8 Å². The molecule has 16 heteroatoms. The van der Waals surface area contributed by atoms with Crippen molar-refractivity contribution >= 4 is 35.4 Å². The van der Waals surface area contributed by atoms with Crippen LogP contribution in [0.1, 0.15) is 85.2 Å². The Hall–Kier alpha value is -4.90. The van der Waals surface area contributed by atoms with Crippen LogP contribution >= 0.6 is 0 Å². The van der Waals surface area contributed by atoms with Crippen LogP contribution in [0.25, 0.3) is 0 Å². The SMILES string of the molecule is CNC(=O)[C@@H](NC(=O)[C@H](OCc1ccccc1C(=O)N1CCCC1)[C@H](O)[C@@H](O)[C@@H](OCc1ccccc1C(=O)N1CCCC1)C(=O)N[C@H](C(=O)NC)C(C)C)C(C)C. The topological polar surface area (TPSA) is 216 Å². The van der Waals surface area contributed by atoms with Gasteiger partial charge in [0.05, 0.1) is 13.2 Å². The van der Waals surface area contributed by atoms with E-state index in [1.165, 1.54) is 14.1 Å². The van der Waals surface area contributed by atoms with Crippen LogP contribution in [0.5, 0.6) is 0 Å². The molecule has 318 valence electrons. The van der Waals surface area contributed by atoms with Crippen LogP contribution in [0.3, 0.4) is 0 Å². The van der Waals surface area contributed by atoms with Crippen LogP contribution in [0.15, 0.2) is 48.5 Å². The van der Waals surface area contributed by atoms with Gasteiger partial charge in [0.2, 0.25) is 11.8 Å². The molecule has 2 saturated heterocycles. The molecule has 0 radical (unpaired) electrons. The number of carbonyl (C=O) groups is 6. The molecule has 2 heterocycles. The number of benzene rings is 2. The summed E-state index contributed by atoms with van der Waals surface area (Å²) in [5, 5.41) is 34.0. The van der Waals surface area contributed by atoms with Crippen LogP contribution in [0.4, 0.5) is 0 Å². The molecule has 6 N–H and O–H groups in total. The third-order valence-corrected chi connectivity index (χ3v) is 10.6. The summed E-state index contributed by atoms with van der Waals surface area (Å²) >= 11 is 0. The van der Waals surface area contributed by atoms with Gasteiger partial charge in [0.25, 0.3) is 23.6 Å². The third kappa shape index (κ3) is 11.6. The first-order valence-corrected chi connectivity index (χ1v) is 20.1. The van der Waals surface area contributed by atoms with Gasteiger partial charge in [-0.25, -0.2) is 0 Å². The Balaban J connectivity index is 1.70. The zero-order valence-electron chi connectivity index (χ0n) is 34.4. The average molecular weight is 809 g/mol. The van der Waals surface area contributed by atoms with Crippen molar-refractivity contribution < 1.29 is 48.5 Å². The molecule has 0 spiro atoms. The molecule has 0 saturated carbocycles. The fraction of sp³-hybridized carbons (Fsp3) is 0.571. The molecule has 2 fully saturated rings. The lowest BCUT2D eigenvalue weighted by Crippen LogP contribution is -2.60. The smallest absolute Gasteiger partial charge is 0.254 e. The molecule has 0 aliphatic carbocycles. The number of amides is 6. The quantitative estimate of drug-likeness (QED) is 0.119. The fourth-order valence-electron chi connectivity index (χ4n) is 7.12. The van der Waals surface area contributed by atoms with E-state index in [-0.39, 0.29) is 25.0 Å². The van der Waals surface area contributed by atoms with Crippen molar-refractivity contribution in [1.29, 1.82) is 0 Å². The van der Waals surface area contributed by atoms with Gasteiger partial charge in [0.15, 0.2) is 12.2 Å². The van der Waals surface area contributed by atoms with Crippen LogP contribution in [-0.2, 0) is 41.9 Å². The minimum Gasteiger partial charge on any atom is -0.387 e. The second-order valence-electron chi connectivity index (χ2n) is 15.4. The minimum atomic E-state index is -2.17. The predicted molar refractivity (Wildman–Crippen MR) is 214 cm³/mol. The second-order valence-corrected chi connectivity index (χ2v) is 15.4. The van der Waals surface area contributed by atoms with Crippen LogP contribution in [0, 0.1) is 11.8 Å². The average Bonchev–Trinajstić information content (AvgIpc) is 3.97. The van der Waals surface area contributed by atoms with E-state index in [0.29, 0.717) is 48.4 Å². The molecule has 16 nitrogen and oxygen atoms in total. The lowest BCUT2D eigenvalue weighted by atomic mass is 9.97. The summed E-state index contributed by atoms with van der Waals surface area (Å²) in [7, 11) is 2.82. The third-order valence-electron chi connectivity index (χ3n) is 10.6. The summed E-state index contributed by atoms with van der Waals surface area (Å²) in [6.45, 7) is 8.46. The van der Waals surface area contributed by atoms with Gasteiger partial charge in [-0.1, -0.05) is 64.1 Å². The predicted octanol–water partition coefficient (Wildman–Crippen LogP) is 1.12. The molecule has 2 aromatic carbocycles. The number of aliphatic hydroxyl groups is 2. The maximum Gasteiger partial charge on any atom is 0.254 e. The van der Waals surface area contributed by atoms with E-state index >= 15 is 0 Å². The number of nitrogens with zero attached hydrogens (tertiary/aromatic N) is 2. The van der Waals surface area contributed by atoms with Crippen molar-refractivity contribution in [1.82, 2.24) is 31.1 Å². The van der Waals surface area contributed by atoms with Gasteiger partial charge in [-0.3, -0.25) is 28.8 Å². The van der Waals surface area contributed by atoms with E-state index in [1.54, 1.807) is 86.0 Å². The first kappa shape index (κ1) is 45.8. The Morgan fingerprint density at radius 3 is 1.21 bits per heavy atom. The number of likely N-dealkylation sites (N-methyl/N-ethyl adjacent to an activating group) is 2. The minimum absolute atomic E-state index is 0.220. The summed E-state index contributed by atoms with van der Waals surface area (Å²) in [5.41, 5.74) is 1.47. The lowest BCUT2D eigenvalue weighted by molar-refractivity contribution is -0.171. The molecule has 6 amide bonds. The molecule has 58 heavy (non-hydrogen) atoms. The van der Waals surface area contributed by atoms with Crippen LogP contribution in [-0.4, -0.2) is 132 Å². The number of rotatable bonds is 19. The summed E-state index contributed by atoms with van der Waals surface area (Å²) in [6, 6.07) is 11.2. The van der Waals surface area contributed by atoms with Crippen molar-refractivity contribution in [3.63, 3.8) is 0 Å². The van der Waals surface area contributed by atoms with E-state index in [2.05, 4.69) is 21.3 Å². The van der Waals surface area contributed by atoms with Crippen LogP contribution < -0.4 is 21.3 Å². The standard InChI is InChI=1S/C42H60N6O10/c1-25(2)31(37(51)43-5)45-39(53)35(57-23-27-15-7-9-17-29(27)41(55)47-19-11-12-20-47)33(49)34(50)36(40(54)46-32(26(3)4)38(52)44-6)58-24-28-16-8-10-18-30(28)42(56)48-21-13-14-22-48/h7-10,15-18,25-26,31-36,49-50H,11-14,19-24H2,1-6H3,(H,43,51)(H,44,52)(H,45,53)(H,46,54)/t31-,32-,33+,34+,35+,36+/m0/s1. The number of ether oxygens (including phenoxy) is 2. The van der Waals surface area contributed by atoms with Gasteiger partial charge in [0.1, 0.15) is 24.3 Å². The van der Waals surface area contributed by atoms with Crippen molar-refractivity contribution in [2.75, 3.05) is 40.3 Å². The Kier molecular flexibility index (Phi) is 17.2. The molecule has 0 bridgehead atoms. The first-order valence-electron chi connectivity index (χ1n) is 20.1. The van der Waals surface area contributed by atoms with Gasteiger partial charge in [0, 0.05) is 51.4 Å². The number of hydrogen-bond acceptors (Lipinski definition) is 10. The molecule has 6 atom stereocenters. The molecular formula is C42H60N6O10. The van der Waals surface area contributed by atoms with E-state index < -0.39 is 72.0 Å². The van der Waals surface area contributed by atoms with Gasteiger partial charge in [-0.15, -0.1) is 0 Å². The largest absolute Gasteiger partial charge is 0.387 e. The number of hydrogen-bond donors (Lipinski definition) is 6. The summed E-state index contributed by atoms with van der Waals surface area (Å²) < 4.78 is 12.1. The zero-order chi connectivity index (χ0) is 42.5. The number of likely N-dealkylation sites (tertiary alicyclic amines) is 2. The summed E-state index contributed by atoms with van der Waals surface area (Å²) in [5.74, 6) is -4.26. The molecule has 2 aliphatic rings. The Morgan fingerprint density at radius 1 is 0.569 bits per heavy atom. The summed E-state index contributed by atoms with van der Waals surface area (Å²) in [4.78, 5) is 84.1. The van der Waals surface area contributed by atoms with Crippen LogP contribution in [0.2, 0.25) is 0 Å². The van der Waals surface area contributed by atoms with E-state index in [9.17, 15) is 39.0 Å². The molecule has 0 aromatic heterocycles. The molecule has 4 rings (SSSR count). The van der Waals surface area contributed by atoms with Gasteiger partial charge >= 0.3 is 0 Å². The highest BCUT2D eigenvalue weighted by Gasteiger charge is 2.43. The number of nitrogens with one attached hydrogen (secondary N) is 4. The van der Waals surface area contributed by atoms with Crippen molar-refractivity contribution in [3.05, 3.63) is 70.8 Å². The highest BCUT2D eigenvalue weighted by atomic mass is 16.5. The maximum atomic E-state index is 14.1. The van der Waals surface area contributed by atoms with E-state index in [0.717, 1.165) is 25.7 Å². The Labute approximate surface area is 340 Å². The summed E-state index contributed by atoms with van der Waals surface area (Å²) in [6.07, 6.45) is -4.69. The molecular weight excluding hydrogens is 748 g/mol. The number of aliphatic hydroxyl groups excluding tert-OH is 2. The van der Waals surface area contributed by atoms with E-state index in [1.807, 2.05) is 0 Å². The Bertz CT molecular complexity index is 1620. The fourth-order valence-corrected chi connectivity index (χ4v) is 7.12.